The fourth-order valence-corrected chi connectivity index (χ4v) is 2.01. The molecule has 0 unspecified atom stereocenters. The number of ether oxygens (including phenoxy) is 1. The average molecular weight is 210 g/mol. The van der Waals surface area contributed by atoms with Gasteiger partial charge in [-0.1, -0.05) is 0 Å². The highest BCUT2D eigenvalue weighted by molar-refractivity contribution is 4.87. The van der Waals surface area contributed by atoms with Crippen molar-refractivity contribution in [2.24, 2.45) is 0 Å². The Morgan fingerprint density at radius 3 is 2.93 bits per heavy atom. The molecule has 6 heteroatoms. The minimum absolute atomic E-state index is 0.00278. The van der Waals surface area contributed by atoms with Crippen LogP contribution in [-0.2, 0) is 4.74 Å². The molecule has 1 aromatic rings. The Bertz CT molecular complexity index is 400. The monoisotopic (exact) mass is 210 g/mol. The molecule has 0 radical (unpaired) electrons. The van der Waals surface area contributed by atoms with Gasteiger partial charge >= 0.3 is 5.69 Å². The maximum atomic E-state index is 12.0. The summed E-state index contributed by atoms with van der Waals surface area (Å²) in [5.41, 5.74) is -0.00278. The minimum Gasteiger partial charge on any atom is -0.379 e. The van der Waals surface area contributed by atoms with Crippen molar-refractivity contribution in [1.82, 2.24) is 19.7 Å². The van der Waals surface area contributed by atoms with Gasteiger partial charge in [-0.15, -0.1) is 0 Å². The molecule has 0 amide bonds. The van der Waals surface area contributed by atoms with Gasteiger partial charge in [-0.05, 0) is 6.42 Å². The van der Waals surface area contributed by atoms with Crippen LogP contribution < -0.4 is 11.0 Å². The van der Waals surface area contributed by atoms with E-state index in [4.69, 9.17) is 4.74 Å². The zero-order valence-electron chi connectivity index (χ0n) is 8.43. The molecule has 0 bridgehead atoms. The molecule has 1 N–H and O–H groups in total. The van der Waals surface area contributed by atoms with Crippen LogP contribution in [0.25, 0.3) is 0 Å². The van der Waals surface area contributed by atoms with Crippen LogP contribution in [0.4, 0.5) is 0 Å². The molecule has 0 aromatic carbocycles. The number of rotatable bonds is 2. The van der Waals surface area contributed by atoms with Crippen molar-refractivity contribution in [2.45, 2.75) is 18.5 Å². The number of hydrogen-bond acceptors (Lipinski definition) is 4. The van der Waals surface area contributed by atoms with Crippen molar-refractivity contribution in [3.8, 4) is 0 Å². The third-order valence-corrected chi connectivity index (χ3v) is 3.12. The predicted octanol–water partition coefficient (Wildman–Crippen LogP) is -0.850. The van der Waals surface area contributed by atoms with E-state index < -0.39 is 0 Å². The predicted molar refractivity (Wildman–Crippen MR) is 52.9 cm³/mol. The Balaban J connectivity index is 1.89. The van der Waals surface area contributed by atoms with Crippen molar-refractivity contribution >= 4 is 0 Å². The first-order valence-corrected chi connectivity index (χ1v) is 5.30. The first kappa shape index (κ1) is 9.11. The van der Waals surface area contributed by atoms with Crippen molar-refractivity contribution < 1.29 is 4.74 Å². The molecular weight excluding hydrogens is 196 g/mol. The quantitative estimate of drug-likeness (QED) is 0.690. The molecule has 6 nitrogen and oxygen atoms in total. The van der Waals surface area contributed by atoms with Gasteiger partial charge in [0.1, 0.15) is 6.33 Å². The summed E-state index contributed by atoms with van der Waals surface area (Å²) < 4.78 is 8.53. The van der Waals surface area contributed by atoms with Crippen LogP contribution in [0.15, 0.2) is 11.1 Å². The van der Waals surface area contributed by atoms with E-state index in [-0.39, 0.29) is 17.8 Å². The van der Waals surface area contributed by atoms with E-state index in [1.165, 1.54) is 0 Å². The second kappa shape index (κ2) is 3.46. The lowest BCUT2D eigenvalue weighted by Gasteiger charge is -2.26. The van der Waals surface area contributed by atoms with E-state index in [0.717, 1.165) is 26.1 Å². The normalized spacial score (nSPS) is 26.8. The van der Waals surface area contributed by atoms with Gasteiger partial charge in [-0.2, -0.15) is 5.10 Å². The lowest BCUT2D eigenvalue weighted by Crippen LogP contribution is -2.47. The summed E-state index contributed by atoms with van der Waals surface area (Å²) >= 11 is 0. The second-order valence-electron chi connectivity index (χ2n) is 4.09. The second-order valence-corrected chi connectivity index (χ2v) is 4.09. The van der Waals surface area contributed by atoms with E-state index in [2.05, 4.69) is 10.4 Å². The van der Waals surface area contributed by atoms with Crippen molar-refractivity contribution in [3.63, 3.8) is 0 Å². The molecule has 3 heterocycles. The Hall–Kier alpha value is -1.14. The molecule has 2 aliphatic heterocycles. The highest BCUT2D eigenvalue weighted by Gasteiger charge is 2.25. The summed E-state index contributed by atoms with van der Waals surface area (Å²) in [6.07, 6.45) is 2.53. The summed E-state index contributed by atoms with van der Waals surface area (Å²) in [7, 11) is 0. The van der Waals surface area contributed by atoms with Crippen molar-refractivity contribution in [3.05, 3.63) is 16.8 Å². The van der Waals surface area contributed by atoms with Crippen molar-refractivity contribution in [1.29, 1.82) is 0 Å². The number of nitrogens with one attached hydrogen (secondary N) is 1. The van der Waals surface area contributed by atoms with Gasteiger partial charge in [0, 0.05) is 19.7 Å². The standard InChI is InChI=1S/C9H14N4O2/c14-9-12(8-3-10-4-8)6-11-13(9)7-1-2-15-5-7/h6-8,10H,1-5H2/t7-/m0/s1. The van der Waals surface area contributed by atoms with Gasteiger partial charge in [-0.3, -0.25) is 4.57 Å². The summed E-state index contributed by atoms with van der Waals surface area (Å²) in [6, 6.07) is 0.417. The molecule has 15 heavy (non-hydrogen) atoms. The lowest BCUT2D eigenvalue weighted by molar-refractivity contribution is 0.183. The molecule has 82 valence electrons. The van der Waals surface area contributed by atoms with E-state index in [1.807, 2.05) is 0 Å². The van der Waals surface area contributed by atoms with Crippen LogP contribution >= 0.6 is 0 Å². The van der Waals surface area contributed by atoms with Gasteiger partial charge < -0.3 is 10.1 Å². The molecule has 2 saturated heterocycles. The van der Waals surface area contributed by atoms with Crippen LogP contribution in [-0.4, -0.2) is 40.7 Å². The average Bonchev–Trinajstić information content (AvgIpc) is 2.74. The van der Waals surface area contributed by atoms with Crippen LogP contribution in [0.1, 0.15) is 18.5 Å². The fourth-order valence-electron chi connectivity index (χ4n) is 2.01. The third kappa shape index (κ3) is 1.40. The number of nitrogens with zero attached hydrogens (tertiary/aromatic N) is 3. The minimum atomic E-state index is -0.00278. The van der Waals surface area contributed by atoms with Gasteiger partial charge in [0.05, 0.1) is 18.7 Å². The first-order chi connectivity index (χ1) is 7.36. The molecule has 0 spiro atoms. The molecule has 1 aromatic heterocycles. The molecule has 0 aliphatic carbocycles. The molecule has 2 aliphatic rings. The molecule has 0 saturated carbocycles. The summed E-state index contributed by atoms with van der Waals surface area (Å²) in [6.45, 7) is 3.08. The highest BCUT2D eigenvalue weighted by atomic mass is 16.5. The lowest BCUT2D eigenvalue weighted by atomic mass is 10.2. The van der Waals surface area contributed by atoms with Crippen LogP contribution in [0.3, 0.4) is 0 Å². The fraction of sp³-hybridized carbons (Fsp3) is 0.778. The SMILES string of the molecule is O=c1n(C2CNC2)cnn1[C@H]1CCOC1. The number of aromatic nitrogens is 3. The Kier molecular flexibility index (Phi) is 2.10. The summed E-state index contributed by atoms with van der Waals surface area (Å²) in [4.78, 5) is 12.0. The Morgan fingerprint density at radius 1 is 1.47 bits per heavy atom. The Morgan fingerprint density at radius 2 is 2.33 bits per heavy atom. The largest absolute Gasteiger partial charge is 0.379 e. The van der Waals surface area contributed by atoms with Crippen molar-refractivity contribution in [2.75, 3.05) is 26.3 Å². The van der Waals surface area contributed by atoms with E-state index in [0.29, 0.717) is 6.61 Å². The smallest absolute Gasteiger partial charge is 0.346 e. The third-order valence-electron chi connectivity index (χ3n) is 3.12. The van der Waals surface area contributed by atoms with E-state index in [1.54, 1.807) is 15.6 Å². The van der Waals surface area contributed by atoms with Crippen LogP contribution in [0, 0.1) is 0 Å². The van der Waals surface area contributed by atoms with Gasteiger partial charge in [-0.25, -0.2) is 9.48 Å². The first-order valence-electron chi connectivity index (χ1n) is 5.30. The van der Waals surface area contributed by atoms with Gasteiger partial charge in [0.15, 0.2) is 0 Å². The Labute approximate surface area is 86.8 Å². The van der Waals surface area contributed by atoms with Crippen LogP contribution in [0.5, 0.6) is 0 Å². The molecular formula is C9H14N4O2. The van der Waals surface area contributed by atoms with E-state index >= 15 is 0 Å². The zero-order chi connectivity index (χ0) is 10.3. The highest BCUT2D eigenvalue weighted by Crippen LogP contribution is 2.16. The number of hydrogen-bond donors (Lipinski definition) is 1. The zero-order valence-corrected chi connectivity index (χ0v) is 8.43. The summed E-state index contributed by atoms with van der Waals surface area (Å²) in [5, 5.41) is 7.30. The molecule has 3 rings (SSSR count). The maximum absolute atomic E-state index is 12.0. The molecule has 2 fully saturated rings. The maximum Gasteiger partial charge on any atom is 0.346 e. The van der Waals surface area contributed by atoms with E-state index in [9.17, 15) is 4.79 Å². The van der Waals surface area contributed by atoms with Crippen LogP contribution in [0.2, 0.25) is 0 Å². The van der Waals surface area contributed by atoms with Gasteiger partial charge in [0.25, 0.3) is 0 Å². The topological polar surface area (TPSA) is 61.1 Å². The molecule has 1 atom stereocenters. The summed E-state index contributed by atoms with van der Waals surface area (Å²) in [5.74, 6) is 0. The van der Waals surface area contributed by atoms with Gasteiger partial charge in [0.2, 0.25) is 0 Å².